The van der Waals surface area contributed by atoms with Gasteiger partial charge in [-0.2, -0.15) is 18.3 Å². The normalized spacial score (nSPS) is 13.8. The highest BCUT2D eigenvalue weighted by Crippen LogP contribution is 2.32. The van der Waals surface area contributed by atoms with Gasteiger partial charge in [-0.25, -0.2) is 18.7 Å². The zero-order valence-corrected chi connectivity index (χ0v) is 18.3. The molecule has 0 aliphatic heterocycles. The number of aromatic nitrogens is 5. The molecule has 0 bridgehead atoms. The number of nitrogens with one attached hydrogen (secondary N) is 1. The molecule has 0 aliphatic rings. The highest BCUT2D eigenvalue weighted by Gasteiger charge is 2.57. The summed E-state index contributed by atoms with van der Waals surface area (Å²) >= 11 is 0. The number of alkyl halides is 3. The van der Waals surface area contributed by atoms with Gasteiger partial charge in [0.05, 0.1) is 26.4 Å². The minimum atomic E-state index is -5.32. The Labute approximate surface area is 201 Å². The quantitative estimate of drug-likeness (QED) is 0.346. The summed E-state index contributed by atoms with van der Waals surface area (Å²) in [5.74, 6) is -4.34. The van der Waals surface area contributed by atoms with Gasteiger partial charge in [-0.15, -0.1) is 0 Å². The highest BCUT2D eigenvalue weighted by molar-refractivity contribution is 5.86. The van der Waals surface area contributed by atoms with Crippen LogP contribution in [0, 0.1) is 11.6 Å². The fourth-order valence-electron chi connectivity index (χ4n) is 3.18. The van der Waals surface area contributed by atoms with Crippen molar-refractivity contribution >= 4 is 11.6 Å². The van der Waals surface area contributed by atoms with Crippen LogP contribution in [-0.4, -0.2) is 54.1 Å². The number of Topliss-reactive ketones (excluding diaryl/α,β-unsaturated/α-hetero) is 1. The van der Waals surface area contributed by atoms with E-state index in [1.165, 1.54) is 35.2 Å². The minimum Gasteiger partial charge on any atom is -0.373 e. The predicted molar refractivity (Wildman–Crippen MR) is 114 cm³/mol. The van der Waals surface area contributed by atoms with Crippen molar-refractivity contribution < 1.29 is 37.7 Å². The molecule has 0 radical (unpaired) electrons. The first-order chi connectivity index (χ1) is 17.4. The van der Waals surface area contributed by atoms with Crippen molar-refractivity contribution in [2.75, 3.05) is 11.9 Å². The number of hydrogen-bond donors (Lipinski definition) is 2. The third kappa shape index (κ3) is 4.79. The van der Waals surface area contributed by atoms with E-state index in [1.807, 2.05) is 5.32 Å². The monoisotopic (exact) mass is 509 g/mol. The number of ketones is 1. The van der Waals surface area contributed by atoms with Crippen LogP contribution >= 0.6 is 0 Å². The van der Waals surface area contributed by atoms with Crippen molar-refractivity contribution in [3.8, 4) is 22.9 Å². The van der Waals surface area contributed by atoms with Gasteiger partial charge < -0.3 is 14.9 Å². The molecule has 0 fully saturated rings. The first-order valence-electron chi connectivity index (χ1n) is 10.7. The number of hydrogen-bond acceptors (Lipinski definition) is 8. The first-order valence-corrected chi connectivity index (χ1v) is 10.2. The molecule has 0 aliphatic carbocycles. The molecule has 0 spiro atoms. The summed E-state index contributed by atoms with van der Waals surface area (Å²) in [5, 5.41) is 19.9. The van der Waals surface area contributed by atoms with Crippen molar-refractivity contribution in [2.24, 2.45) is 0 Å². The standard InChI is InChI=1S/C22H17F5N6O3/c1-12(34)21(35,22(25,26)27)11-29-19-15(24)9-28-20(30-19)17-8-18(16-6-7-36-32-16)33(31-17)10-13-4-2-3-5-14(13)23/h2-9,35H,10-11H2,1H3,(H,28,29,30)/t21-/m1/s1/i3D. The lowest BCUT2D eigenvalue weighted by molar-refractivity contribution is -0.244. The van der Waals surface area contributed by atoms with Crippen molar-refractivity contribution in [1.29, 1.82) is 0 Å². The lowest BCUT2D eigenvalue weighted by Gasteiger charge is -2.28. The molecular formula is C22H17F5N6O3. The van der Waals surface area contributed by atoms with Gasteiger partial charge in [-0.1, -0.05) is 23.3 Å². The Kier molecular flexibility index (Phi) is 6.18. The molecule has 2 N–H and O–H groups in total. The molecule has 9 nitrogen and oxygen atoms in total. The van der Waals surface area contributed by atoms with Crippen LogP contribution < -0.4 is 5.32 Å². The fraction of sp³-hybridized carbons (Fsp3) is 0.227. The van der Waals surface area contributed by atoms with Crippen molar-refractivity contribution in [2.45, 2.75) is 25.2 Å². The second-order valence-electron chi connectivity index (χ2n) is 7.63. The topological polar surface area (TPSA) is 119 Å². The lowest BCUT2D eigenvalue weighted by Crippen LogP contribution is -2.56. The van der Waals surface area contributed by atoms with Crippen LogP contribution in [0.25, 0.3) is 22.9 Å². The van der Waals surface area contributed by atoms with Gasteiger partial charge >= 0.3 is 6.18 Å². The Bertz CT molecular complexity index is 1440. The summed E-state index contributed by atoms with van der Waals surface area (Å²) in [5.41, 5.74) is -2.94. The van der Waals surface area contributed by atoms with Gasteiger partial charge in [-0.3, -0.25) is 9.48 Å². The second kappa shape index (κ2) is 9.45. The number of aliphatic hydroxyl groups is 1. The number of rotatable bonds is 8. The van der Waals surface area contributed by atoms with Crippen molar-refractivity contribution in [3.05, 3.63) is 66.0 Å². The molecule has 3 aromatic heterocycles. The molecule has 0 amide bonds. The van der Waals surface area contributed by atoms with E-state index in [-0.39, 0.29) is 29.7 Å². The van der Waals surface area contributed by atoms with Crippen LogP contribution in [0.15, 0.2) is 53.4 Å². The number of carbonyl (C=O) groups is 1. The maximum atomic E-state index is 14.4. The van der Waals surface area contributed by atoms with E-state index in [2.05, 4.69) is 20.2 Å². The molecule has 3 heterocycles. The highest BCUT2D eigenvalue weighted by atomic mass is 19.4. The lowest BCUT2D eigenvalue weighted by atomic mass is 9.99. The summed E-state index contributed by atoms with van der Waals surface area (Å²) in [6, 6.07) is 6.72. The zero-order valence-electron chi connectivity index (χ0n) is 19.3. The Hall–Kier alpha value is -4.20. The van der Waals surface area contributed by atoms with E-state index in [1.54, 1.807) is 0 Å². The molecule has 1 aromatic carbocycles. The largest absolute Gasteiger partial charge is 0.426 e. The Morgan fingerprint density at radius 2 is 2.00 bits per heavy atom. The average molecular weight is 509 g/mol. The SMILES string of the molecule is [2H]c1ccc(Cn2nc(-c3ncc(F)c(NC[C@@](O)(C(C)=O)C(F)(F)F)n3)cc2-c2ccon2)c(F)c1. The summed E-state index contributed by atoms with van der Waals surface area (Å²) in [6.45, 7) is -0.962. The zero-order chi connectivity index (χ0) is 27.0. The second-order valence-corrected chi connectivity index (χ2v) is 7.63. The predicted octanol–water partition coefficient (Wildman–Crippen LogP) is 3.62. The molecule has 1 atom stereocenters. The van der Waals surface area contributed by atoms with Crippen LogP contribution in [-0.2, 0) is 11.3 Å². The van der Waals surface area contributed by atoms with E-state index in [9.17, 15) is 31.9 Å². The van der Waals surface area contributed by atoms with Crippen molar-refractivity contribution in [3.63, 3.8) is 0 Å². The van der Waals surface area contributed by atoms with Gasteiger partial charge in [-0.05, 0) is 19.1 Å². The molecule has 14 heteroatoms. The Morgan fingerprint density at radius 3 is 2.64 bits per heavy atom. The summed E-state index contributed by atoms with van der Waals surface area (Å²) in [7, 11) is 0. The smallest absolute Gasteiger partial charge is 0.373 e. The summed E-state index contributed by atoms with van der Waals surface area (Å²) < 4.78 is 82.0. The van der Waals surface area contributed by atoms with Crippen LogP contribution in [0.2, 0.25) is 0 Å². The number of halogens is 5. The van der Waals surface area contributed by atoms with Gasteiger partial charge in [0.2, 0.25) is 5.60 Å². The van der Waals surface area contributed by atoms with E-state index >= 15 is 0 Å². The van der Waals surface area contributed by atoms with E-state index in [4.69, 9.17) is 5.89 Å². The number of nitrogens with zero attached hydrogens (tertiary/aromatic N) is 5. The van der Waals surface area contributed by atoms with E-state index in [0.717, 1.165) is 6.07 Å². The number of carbonyl (C=O) groups excluding carboxylic acids is 1. The first kappa shape index (κ1) is 23.5. The molecule has 36 heavy (non-hydrogen) atoms. The average Bonchev–Trinajstić information content (AvgIpc) is 3.49. The van der Waals surface area contributed by atoms with Crippen LogP contribution in [0.3, 0.4) is 0 Å². The summed E-state index contributed by atoms with van der Waals surface area (Å²) in [4.78, 5) is 19.1. The molecule has 4 rings (SSSR count). The van der Waals surface area contributed by atoms with Crippen LogP contribution in [0.4, 0.5) is 27.8 Å². The van der Waals surface area contributed by atoms with Crippen molar-refractivity contribution in [1.82, 2.24) is 24.9 Å². The van der Waals surface area contributed by atoms with Crippen LogP contribution in [0.1, 0.15) is 13.9 Å². The maximum Gasteiger partial charge on any atom is 0.426 e. The Morgan fingerprint density at radius 1 is 1.22 bits per heavy atom. The third-order valence-corrected chi connectivity index (χ3v) is 5.23. The van der Waals surface area contributed by atoms with Gasteiger partial charge in [0.15, 0.2) is 23.2 Å². The molecular weight excluding hydrogens is 491 g/mol. The maximum absolute atomic E-state index is 14.4. The minimum absolute atomic E-state index is 0.0243. The number of benzene rings is 1. The van der Waals surface area contributed by atoms with E-state index < -0.39 is 41.6 Å². The van der Waals surface area contributed by atoms with Gasteiger partial charge in [0.25, 0.3) is 0 Å². The summed E-state index contributed by atoms with van der Waals surface area (Å²) in [6.07, 6.45) is -3.36. The molecule has 0 saturated carbocycles. The van der Waals surface area contributed by atoms with Gasteiger partial charge in [0, 0.05) is 11.6 Å². The molecule has 188 valence electrons. The van der Waals surface area contributed by atoms with Crippen LogP contribution in [0.5, 0.6) is 0 Å². The molecule has 0 saturated heterocycles. The third-order valence-electron chi connectivity index (χ3n) is 5.23. The van der Waals surface area contributed by atoms with E-state index in [0.29, 0.717) is 24.5 Å². The number of anilines is 1. The fourth-order valence-corrected chi connectivity index (χ4v) is 3.18. The Balaban J connectivity index is 1.69. The molecule has 0 unspecified atom stereocenters. The molecule has 4 aromatic rings. The van der Waals surface area contributed by atoms with Gasteiger partial charge in [0.1, 0.15) is 23.5 Å².